The van der Waals surface area contributed by atoms with E-state index in [0.29, 0.717) is 31.9 Å². The molecular weight excluding hydrogens is 793 g/mol. The molecule has 1 amide bonds. The van der Waals surface area contributed by atoms with Crippen LogP contribution in [-0.4, -0.2) is 68.0 Å². The van der Waals surface area contributed by atoms with Crippen LogP contribution in [-0.2, 0) is 4.74 Å². The Kier molecular flexibility index (Phi) is 12.9. The molecule has 0 spiro atoms. The molecule has 1 aliphatic rings. The molecule has 1 fully saturated rings. The smallest absolute Gasteiger partial charge is 0.407 e. The molecule has 0 bridgehead atoms. The van der Waals surface area contributed by atoms with Crippen molar-refractivity contribution in [1.29, 1.82) is 0 Å². The standard InChI is InChI=1S/C21H23Cl2N5O2S.C12H6Cl3N3S.B/c1-21(2,3)30-20(29)26-13-7-9-27(12-13)19-25-11-16(18-24-8-10-28(18)19)31-15-6-4-5-14(22)17(15)23;13-7-2-1-3-8(10(7)14)19-9-6-17-12(15)18-5-4-16-11(9)18;/h4-6,8,10-11,13H,7,9,12H2,1-3H3,(H,26,29);1-6H;. The number of carbonyl (C=O) groups is 1. The molecule has 5 heterocycles. The Labute approximate surface area is 330 Å². The van der Waals surface area contributed by atoms with Crippen molar-refractivity contribution in [3.63, 3.8) is 0 Å². The fraction of sp³-hybridized carbons (Fsp3) is 0.242. The molecule has 1 saturated heterocycles. The first-order valence-corrected chi connectivity index (χ1v) is 18.7. The van der Waals surface area contributed by atoms with Gasteiger partial charge in [0.25, 0.3) is 0 Å². The van der Waals surface area contributed by atoms with Crippen LogP contribution < -0.4 is 10.2 Å². The SMILES string of the molecule is CC(C)(C)OC(=O)NC1CCN(c2ncc(Sc3cccc(Cl)c3Cl)c3nccn23)C1.Clc1cccc(Sc2cnc(Cl)n3ccnc23)c1Cl.[B]. The fourth-order valence-corrected chi connectivity index (χ4v) is 8.02. The van der Waals surface area contributed by atoms with Crippen LogP contribution in [0.4, 0.5) is 10.7 Å². The van der Waals surface area contributed by atoms with Crippen LogP contribution in [0.25, 0.3) is 11.3 Å². The van der Waals surface area contributed by atoms with E-state index in [1.165, 1.54) is 23.5 Å². The highest BCUT2D eigenvalue weighted by molar-refractivity contribution is 8.00. The number of fused-ring (bicyclic) bond motifs is 2. The number of hydrogen-bond donors (Lipinski definition) is 1. The van der Waals surface area contributed by atoms with E-state index in [-0.39, 0.29) is 14.5 Å². The highest BCUT2D eigenvalue weighted by Crippen LogP contribution is 2.40. The molecule has 2 aromatic carbocycles. The van der Waals surface area contributed by atoms with E-state index in [1.807, 2.05) is 55.6 Å². The van der Waals surface area contributed by atoms with Crippen molar-refractivity contribution in [3.05, 3.63) is 99.0 Å². The number of alkyl carbamates (subject to hydrolysis) is 1. The zero-order valence-corrected chi connectivity index (χ0v) is 32.8. The number of halogens is 5. The van der Waals surface area contributed by atoms with Crippen LogP contribution in [0.1, 0.15) is 27.2 Å². The number of benzene rings is 2. The molecule has 263 valence electrons. The highest BCUT2D eigenvalue weighted by atomic mass is 35.5. The molecule has 1 atom stereocenters. The van der Waals surface area contributed by atoms with E-state index in [4.69, 9.17) is 67.7 Å². The van der Waals surface area contributed by atoms with E-state index < -0.39 is 11.7 Å². The first-order chi connectivity index (χ1) is 23.9. The first kappa shape index (κ1) is 39.2. The van der Waals surface area contributed by atoms with Crippen LogP contribution in [0.3, 0.4) is 0 Å². The van der Waals surface area contributed by atoms with Gasteiger partial charge in [-0.25, -0.2) is 24.7 Å². The van der Waals surface area contributed by atoms with Crippen LogP contribution >= 0.6 is 81.5 Å². The molecule has 4 aromatic heterocycles. The summed E-state index contributed by atoms with van der Waals surface area (Å²) in [5.41, 5.74) is 1.00. The van der Waals surface area contributed by atoms with Crippen molar-refractivity contribution >= 4 is 113 Å². The van der Waals surface area contributed by atoms with Crippen molar-refractivity contribution in [2.45, 2.75) is 58.4 Å². The summed E-state index contributed by atoms with van der Waals surface area (Å²) in [6, 6.07) is 11.0. The van der Waals surface area contributed by atoms with Crippen LogP contribution in [0.5, 0.6) is 0 Å². The van der Waals surface area contributed by atoms with Gasteiger partial charge in [-0.3, -0.25) is 8.80 Å². The van der Waals surface area contributed by atoms with Gasteiger partial charge in [0.05, 0.1) is 35.9 Å². The second-order valence-corrected chi connectivity index (χ2v) is 16.0. The molecule has 6 aromatic rings. The van der Waals surface area contributed by atoms with Crippen molar-refractivity contribution in [2.75, 3.05) is 18.0 Å². The predicted octanol–water partition coefficient (Wildman–Crippen LogP) is 9.75. The Morgan fingerprint density at radius 1 is 0.804 bits per heavy atom. The van der Waals surface area contributed by atoms with E-state index >= 15 is 0 Å². The van der Waals surface area contributed by atoms with Gasteiger partial charge in [0.2, 0.25) is 11.2 Å². The van der Waals surface area contributed by atoms with Gasteiger partial charge >= 0.3 is 6.09 Å². The summed E-state index contributed by atoms with van der Waals surface area (Å²) in [6.45, 7) is 6.97. The minimum atomic E-state index is -0.522. The van der Waals surface area contributed by atoms with Gasteiger partial charge < -0.3 is 15.0 Å². The number of amides is 1. The maximum atomic E-state index is 12.1. The largest absolute Gasteiger partial charge is 0.444 e. The molecule has 1 unspecified atom stereocenters. The van der Waals surface area contributed by atoms with Crippen molar-refractivity contribution in [3.8, 4) is 0 Å². The quantitative estimate of drug-likeness (QED) is 0.130. The van der Waals surface area contributed by atoms with Gasteiger partial charge in [-0.05, 0) is 63.1 Å². The lowest BCUT2D eigenvalue weighted by Gasteiger charge is -2.22. The summed E-state index contributed by atoms with van der Waals surface area (Å²) in [6.07, 6.45) is 10.9. The summed E-state index contributed by atoms with van der Waals surface area (Å²) >= 11 is 33.6. The van der Waals surface area contributed by atoms with Crippen LogP contribution in [0.2, 0.25) is 25.4 Å². The summed E-state index contributed by atoms with van der Waals surface area (Å²) < 4.78 is 9.03. The topological polar surface area (TPSA) is 102 Å². The lowest BCUT2D eigenvalue weighted by molar-refractivity contribution is 0.0509. The van der Waals surface area contributed by atoms with E-state index in [1.54, 1.807) is 47.5 Å². The molecule has 10 nitrogen and oxygen atoms in total. The molecule has 0 saturated carbocycles. The van der Waals surface area contributed by atoms with E-state index in [9.17, 15) is 4.79 Å². The number of nitrogens with one attached hydrogen (secondary N) is 1. The highest BCUT2D eigenvalue weighted by Gasteiger charge is 2.28. The minimum Gasteiger partial charge on any atom is -0.444 e. The Bertz CT molecular complexity index is 2180. The minimum absolute atomic E-state index is 0. The Hall–Kier alpha value is -3.04. The molecule has 1 aliphatic heterocycles. The average Bonchev–Trinajstić information content (AvgIpc) is 3.85. The molecule has 7 rings (SSSR count). The van der Waals surface area contributed by atoms with E-state index in [0.717, 1.165) is 49.8 Å². The third kappa shape index (κ3) is 9.31. The number of carbonyl (C=O) groups excluding carboxylic acids is 1. The zero-order chi connectivity index (χ0) is 35.6. The summed E-state index contributed by atoms with van der Waals surface area (Å²) in [4.78, 5) is 35.3. The Morgan fingerprint density at radius 3 is 1.94 bits per heavy atom. The van der Waals surface area contributed by atoms with Gasteiger partial charge in [-0.2, -0.15) is 0 Å². The average molecular weight is 822 g/mol. The lowest BCUT2D eigenvalue weighted by Crippen LogP contribution is -2.40. The van der Waals surface area contributed by atoms with Gasteiger partial charge in [-0.15, -0.1) is 0 Å². The third-order valence-electron chi connectivity index (χ3n) is 7.19. The normalized spacial score (nSPS) is 14.3. The van der Waals surface area contributed by atoms with Crippen molar-refractivity contribution < 1.29 is 9.53 Å². The second-order valence-electron chi connectivity index (χ2n) is 11.9. The zero-order valence-electron chi connectivity index (χ0n) is 27.4. The third-order valence-corrected chi connectivity index (χ3v) is 11.5. The van der Waals surface area contributed by atoms with Crippen LogP contribution in [0, 0.1) is 0 Å². The van der Waals surface area contributed by atoms with Crippen molar-refractivity contribution in [2.24, 2.45) is 0 Å². The lowest BCUT2D eigenvalue weighted by atomic mass is 10.2. The number of rotatable bonds is 6. The predicted molar refractivity (Wildman–Crippen MR) is 208 cm³/mol. The summed E-state index contributed by atoms with van der Waals surface area (Å²) in [5.74, 6) is 0.780. The van der Waals surface area contributed by atoms with Gasteiger partial charge in [-0.1, -0.05) is 82.1 Å². The van der Waals surface area contributed by atoms with Gasteiger partial charge in [0.15, 0.2) is 11.3 Å². The number of hydrogen-bond acceptors (Lipinski definition) is 9. The summed E-state index contributed by atoms with van der Waals surface area (Å²) in [7, 11) is 0. The molecular formula is C33H29BCl5N8O2S2. The van der Waals surface area contributed by atoms with Gasteiger partial charge in [0, 0.05) is 68.5 Å². The monoisotopic (exact) mass is 819 g/mol. The molecule has 1 N–H and O–H groups in total. The Morgan fingerprint density at radius 2 is 1.35 bits per heavy atom. The van der Waals surface area contributed by atoms with E-state index in [2.05, 4.69) is 25.2 Å². The molecule has 0 aliphatic carbocycles. The maximum absolute atomic E-state index is 12.1. The number of ether oxygens (including phenoxy) is 1. The second kappa shape index (κ2) is 16.8. The number of imidazole rings is 2. The molecule has 18 heteroatoms. The number of aromatic nitrogens is 6. The maximum Gasteiger partial charge on any atom is 0.407 e. The van der Waals surface area contributed by atoms with Gasteiger partial charge in [0.1, 0.15) is 5.60 Å². The van der Waals surface area contributed by atoms with Crippen molar-refractivity contribution in [1.82, 2.24) is 34.1 Å². The van der Waals surface area contributed by atoms with Crippen LogP contribution in [0.15, 0.2) is 93.2 Å². The summed E-state index contributed by atoms with van der Waals surface area (Å²) in [5, 5.41) is 5.38. The Balaban J connectivity index is 0.000000216. The fourth-order valence-electron chi connectivity index (χ4n) is 5.02. The molecule has 3 radical (unpaired) electrons. The first-order valence-electron chi connectivity index (χ1n) is 15.2. The number of anilines is 1. The molecule has 51 heavy (non-hydrogen) atoms. The number of nitrogens with zero attached hydrogens (tertiary/aromatic N) is 7.